The number of aromatic nitrogens is 2. The van der Waals surface area contributed by atoms with Gasteiger partial charge in [0.25, 0.3) is 5.91 Å². The number of para-hydroxylation sites is 1. The van der Waals surface area contributed by atoms with Crippen LogP contribution in [0.25, 0.3) is 11.0 Å². The maximum absolute atomic E-state index is 13.6. The summed E-state index contributed by atoms with van der Waals surface area (Å²) in [6, 6.07) is 22.7. The van der Waals surface area contributed by atoms with Crippen LogP contribution in [0.5, 0.6) is 11.5 Å². The van der Waals surface area contributed by atoms with Crippen molar-refractivity contribution < 1.29 is 9.53 Å². The maximum Gasteiger partial charge on any atom is 0.254 e. The lowest BCUT2D eigenvalue weighted by Crippen LogP contribution is -2.34. The number of nitrogens with zero attached hydrogens (tertiary/aromatic N) is 3. The molecule has 1 amide bonds. The molecule has 0 N–H and O–H groups in total. The van der Waals surface area contributed by atoms with Crippen LogP contribution >= 0.6 is 11.6 Å². The van der Waals surface area contributed by atoms with Gasteiger partial charge in [-0.15, -0.1) is 0 Å². The molecule has 1 aromatic heterocycles. The predicted molar refractivity (Wildman–Crippen MR) is 138 cm³/mol. The fourth-order valence-corrected chi connectivity index (χ4v) is 4.24. The number of hydrogen-bond acceptors (Lipinski definition) is 3. The average Bonchev–Trinajstić information content (AvgIpc) is 3.15. The first-order valence-electron chi connectivity index (χ1n) is 11.7. The van der Waals surface area contributed by atoms with Crippen LogP contribution in [0.2, 0.25) is 5.02 Å². The van der Waals surface area contributed by atoms with Crippen molar-refractivity contribution in [2.24, 2.45) is 5.92 Å². The third-order valence-corrected chi connectivity index (χ3v) is 5.74. The molecule has 3 aromatic carbocycles. The fraction of sp³-hybridized carbons (Fsp3) is 0.286. The summed E-state index contributed by atoms with van der Waals surface area (Å²) < 4.78 is 8.13. The first-order chi connectivity index (χ1) is 16.4. The van der Waals surface area contributed by atoms with Crippen molar-refractivity contribution in [3.8, 4) is 11.5 Å². The van der Waals surface area contributed by atoms with Gasteiger partial charge in [0.15, 0.2) is 0 Å². The highest BCUT2D eigenvalue weighted by molar-refractivity contribution is 6.31. The first kappa shape index (κ1) is 23.8. The highest BCUT2D eigenvalue weighted by Crippen LogP contribution is 2.25. The van der Waals surface area contributed by atoms with Gasteiger partial charge in [0, 0.05) is 23.7 Å². The highest BCUT2D eigenvalue weighted by Gasteiger charge is 2.21. The highest BCUT2D eigenvalue weighted by atomic mass is 35.5. The molecule has 34 heavy (non-hydrogen) atoms. The van der Waals surface area contributed by atoms with E-state index >= 15 is 0 Å². The van der Waals surface area contributed by atoms with E-state index < -0.39 is 0 Å². The quantitative estimate of drug-likeness (QED) is 0.257. The normalized spacial score (nSPS) is 11.2. The van der Waals surface area contributed by atoms with E-state index in [1.54, 1.807) is 6.07 Å². The molecule has 0 spiro atoms. The Hall–Kier alpha value is -3.31. The number of rotatable bonds is 9. The molecule has 4 aromatic rings. The van der Waals surface area contributed by atoms with E-state index in [-0.39, 0.29) is 5.91 Å². The fourth-order valence-electron chi connectivity index (χ4n) is 4.07. The number of fused-ring (bicyclic) bond motifs is 1. The minimum absolute atomic E-state index is 0.0413. The van der Waals surface area contributed by atoms with Gasteiger partial charge in [0.2, 0.25) is 0 Å². The summed E-state index contributed by atoms with van der Waals surface area (Å²) in [5.41, 5.74) is 2.48. The molecule has 0 aliphatic heterocycles. The lowest BCUT2D eigenvalue weighted by atomic mass is 10.1. The lowest BCUT2D eigenvalue weighted by Gasteiger charge is -2.25. The van der Waals surface area contributed by atoms with Crippen molar-refractivity contribution in [3.05, 3.63) is 89.2 Å². The summed E-state index contributed by atoms with van der Waals surface area (Å²) in [5.74, 6) is 2.50. The van der Waals surface area contributed by atoms with Gasteiger partial charge in [0.1, 0.15) is 17.3 Å². The van der Waals surface area contributed by atoms with Gasteiger partial charge in [-0.2, -0.15) is 0 Å². The number of halogens is 1. The number of aryl methyl sites for hydroxylation is 1. The Kier molecular flexibility index (Phi) is 7.53. The monoisotopic (exact) mass is 475 g/mol. The topological polar surface area (TPSA) is 47.4 Å². The Morgan fingerprint density at radius 3 is 2.53 bits per heavy atom. The largest absolute Gasteiger partial charge is 0.457 e. The third-order valence-electron chi connectivity index (χ3n) is 5.50. The molecular formula is C28H30ClN3O2. The molecule has 0 saturated heterocycles. The summed E-state index contributed by atoms with van der Waals surface area (Å²) in [7, 11) is 0. The number of carbonyl (C=O) groups is 1. The summed E-state index contributed by atoms with van der Waals surface area (Å²) >= 11 is 6.26. The number of ether oxygens (including phenoxy) is 1. The van der Waals surface area contributed by atoms with E-state index in [1.807, 2.05) is 71.6 Å². The number of amides is 1. The summed E-state index contributed by atoms with van der Waals surface area (Å²) in [4.78, 5) is 20.4. The Balaban J connectivity index is 1.63. The van der Waals surface area contributed by atoms with Gasteiger partial charge in [-0.1, -0.05) is 56.6 Å². The number of hydrogen-bond donors (Lipinski definition) is 0. The molecule has 176 valence electrons. The second-order valence-corrected chi connectivity index (χ2v) is 9.27. The Morgan fingerprint density at radius 2 is 1.79 bits per heavy atom. The summed E-state index contributed by atoms with van der Waals surface area (Å²) in [6.07, 6.45) is 0.960. The van der Waals surface area contributed by atoms with Gasteiger partial charge < -0.3 is 14.2 Å². The van der Waals surface area contributed by atoms with E-state index in [2.05, 4.69) is 25.3 Å². The summed E-state index contributed by atoms with van der Waals surface area (Å²) in [6.45, 7) is 8.23. The molecule has 1 heterocycles. The van der Waals surface area contributed by atoms with Crippen LogP contribution in [0.3, 0.4) is 0 Å². The van der Waals surface area contributed by atoms with Crippen LogP contribution in [-0.2, 0) is 13.1 Å². The summed E-state index contributed by atoms with van der Waals surface area (Å²) in [5, 5.41) is 0.682. The lowest BCUT2D eigenvalue weighted by molar-refractivity contribution is 0.0716. The van der Waals surface area contributed by atoms with E-state index in [9.17, 15) is 4.79 Å². The average molecular weight is 476 g/mol. The Labute approximate surface area is 205 Å². The maximum atomic E-state index is 13.6. The molecule has 0 saturated carbocycles. The van der Waals surface area contributed by atoms with E-state index in [0.29, 0.717) is 35.3 Å². The van der Waals surface area contributed by atoms with E-state index in [1.165, 1.54) is 0 Å². The van der Waals surface area contributed by atoms with Crippen molar-refractivity contribution in [3.63, 3.8) is 0 Å². The molecule has 4 rings (SSSR count). The number of carbonyl (C=O) groups excluding carboxylic acids is 1. The zero-order chi connectivity index (χ0) is 24.1. The van der Waals surface area contributed by atoms with Crippen molar-refractivity contribution in [2.45, 2.75) is 40.3 Å². The molecular weight excluding hydrogens is 446 g/mol. The number of imidazole rings is 1. The van der Waals surface area contributed by atoms with Crippen molar-refractivity contribution in [1.82, 2.24) is 14.5 Å². The second-order valence-electron chi connectivity index (χ2n) is 8.84. The Morgan fingerprint density at radius 1 is 1.03 bits per heavy atom. The second kappa shape index (κ2) is 10.7. The molecule has 0 atom stereocenters. The van der Waals surface area contributed by atoms with Gasteiger partial charge >= 0.3 is 0 Å². The third kappa shape index (κ3) is 5.60. The number of benzene rings is 3. The van der Waals surface area contributed by atoms with Crippen molar-refractivity contribution in [2.75, 3.05) is 6.54 Å². The predicted octanol–water partition coefficient (Wildman–Crippen LogP) is 7.19. The van der Waals surface area contributed by atoms with Gasteiger partial charge in [-0.3, -0.25) is 4.79 Å². The molecule has 0 bridgehead atoms. The van der Waals surface area contributed by atoms with E-state index in [4.69, 9.17) is 21.3 Å². The van der Waals surface area contributed by atoms with Gasteiger partial charge in [-0.25, -0.2) is 4.98 Å². The van der Waals surface area contributed by atoms with Crippen LogP contribution in [-0.4, -0.2) is 26.9 Å². The molecule has 0 aliphatic rings. The molecule has 0 aliphatic carbocycles. The van der Waals surface area contributed by atoms with Gasteiger partial charge in [-0.05, 0) is 60.9 Å². The molecule has 0 fully saturated rings. The minimum atomic E-state index is -0.0413. The zero-order valence-corrected chi connectivity index (χ0v) is 20.6. The van der Waals surface area contributed by atoms with Crippen LogP contribution in [0.1, 0.15) is 43.4 Å². The van der Waals surface area contributed by atoms with Crippen LogP contribution in [0.15, 0.2) is 72.8 Å². The SMILES string of the molecule is CCCn1c(CN(CC(C)C)C(=O)c2cccc(Oc3ccccc3)c2)nc2ccc(Cl)cc21. The van der Waals surface area contributed by atoms with E-state index in [0.717, 1.165) is 35.6 Å². The molecule has 0 radical (unpaired) electrons. The van der Waals surface area contributed by atoms with Crippen LogP contribution in [0, 0.1) is 5.92 Å². The van der Waals surface area contributed by atoms with Crippen LogP contribution < -0.4 is 4.74 Å². The smallest absolute Gasteiger partial charge is 0.254 e. The minimum Gasteiger partial charge on any atom is -0.457 e. The first-order valence-corrected chi connectivity index (χ1v) is 12.1. The van der Waals surface area contributed by atoms with Gasteiger partial charge in [0.05, 0.1) is 17.6 Å². The van der Waals surface area contributed by atoms with Crippen molar-refractivity contribution >= 4 is 28.5 Å². The standard InChI is InChI=1S/C28H30ClN3O2/c1-4-15-32-26-17-22(29)13-14-25(26)30-27(32)19-31(18-20(2)3)28(33)21-9-8-12-24(16-21)34-23-10-6-5-7-11-23/h5-14,16-17,20H,4,15,18-19H2,1-3H3. The zero-order valence-electron chi connectivity index (χ0n) is 19.9. The molecule has 6 heteroatoms. The molecule has 0 unspecified atom stereocenters. The molecule has 5 nitrogen and oxygen atoms in total. The van der Waals surface area contributed by atoms with Crippen molar-refractivity contribution in [1.29, 1.82) is 0 Å². The van der Waals surface area contributed by atoms with Crippen LogP contribution in [0.4, 0.5) is 0 Å². The Bertz CT molecular complexity index is 1270.